The van der Waals surface area contributed by atoms with Gasteiger partial charge < -0.3 is 10.4 Å². The van der Waals surface area contributed by atoms with Crippen molar-refractivity contribution in [2.75, 3.05) is 0 Å². The van der Waals surface area contributed by atoms with Crippen LogP contribution in [0.2, 0.25) is 0 Å². The summed E-state index contributed by atoms with van der Waals surface area (Å²) < 4.78 is 27.1. The first-order valence-corrected chi connectivity index (χ1v) is 10.6. The van der Waals surface area contributed by atoms with Gasteiger partial charge in [0.1, 0.15) is 11.5 Å². The third kappa shape index (κ3) is 6.52. The zero-order valence-corrected chi connectivity index (χ0v) is 17.6. The standard InChI is InChI=1S/C20H21N3O7S/c1-12(25)7-18(13(2)26)23-20(28)14-3-4-16(21-9-14)10-22-31(29,30)17-5-6-19(27)15(8-17)11-24/h3-6,8-9,11,18,22,27H,7,10H2,1-2H3,(H,23,28)/t18-/m0/s1. The molecule has 0 aliphatic heterocycles. The Labute approximate surface area is 178 Å². The normalized spacial score (nSPS) is 12.1. The number of hydrogen-bond acceptors (Lipinski definition) is 8. The first-order chi connectivity index (χ1) is 14.5. The summed E-state index contributed by atoms with van der Waals surface area (Å²) in [5.74, 6) is -1.52. The number of aromatic hydroxyl groups is 1. The van der Waals surface area contributed by atoms with E-state index in [1.165, 1.54) is 32.2 Å². The molecule has 3 N–H and O–H groups in total. The fourth-order valence-corrected chi connectivity index (χ4v) is 3.57. The highest BCUT2D eigenvalue weighted by Gasteiger charge is 2.20. The minimum atomic E-state index is -3.98. The van der Waals surface area contributed by atoms with Crippen LogP contribution in [0, 0.1) is 0 Å². The second-order valence-electron chi connectivity index (χ2n) is 6.74. The lowest BCUT2D eigenvalue weighted by atomic mass is 10.1. The fourth-order valence-electron chi connectivity index (χ4n) is 2.54. The average molecular weight is 447 g/mol. The Morgan fingerprint density at radius 2 is 1.87 bits per heavy atom. The van der Waals surface area contributed by atoms with Crippen molar-refractivity contribution in [3.8, 4) is 5.75 Å². The molecule has 1 atom stereocenters. The highest BCUT2D eigenvalue weighted by atomic mass is 32.2. The van der Waals surface area contributed by atoms with Gasteiger partial charge in [-0.1, -0.05) is 0 Å². The van der Waals surface area contributed by atoms with E-state index in [1.807, 2.05) is 0 Å². The quantitative estimate of drug-likeness (QED) is 0.450. The molecule has 0 saturated carbocycles. The van der Waals surface area contributed by atoms with Crippen molar-refractivity contribution in [1.82, 2.24) is 15.0 Å². The molecule has 1 aromatic carbocycles. The molecule has 0 saturated heterocycles. The number of Topliss-reactive ketones (excluding diaryl/α,β-unsaturated/α-hetero) is 2. The Morgan fingerprint density at radius 1 is 1.16 bits per heavy atom. The molecule has 31 heavy (non-hydrogen) atoms. The Morgan fingerprint density at radius 3 is 2.42 bits per heavy atom. The van der Waals surface area contributed by atoms with E-state index >= 15 is 0 Å². The van der Waals surface area contributed by atoms with Gasteiger partial charge in [-0.3, -0.25) is 24.2 Å². The van der Waals surface area contributed by atoms with Crippen LogP contribution in [0.1, 0.15) is 46.7 Å². The molecule has 0 fully saturated rings. The van der Waals surface area contributed by atoms with E-state index in [-0.39, 0.29) is 46.3 Å². The smallest absolute Gasteiger partial charge is 0.253 e. The van der Waals surface area contributed by atoms with E-state index in [0.29, 0.717) is 12.0 Å². The van der Waals surface area contributed by atoms with Crippen LogP contribution in [0.5, 0.6) is 5.75 Å². The summed E-state index contributed by atoms with van der Waals surface area (Å²) in [5.41, 5.74) is 0.280. The fraction of sp³-hybridized carbons (Fsp3) is 0.250. The lowest BCUT2D eigenvalue weighted by Gasteiger charge is -2.14. The number of pyridine rings is 1. The van der Waals surface area contributed by atoms with Gasteiger partial charge in [0.25, 0.3) is 5.91 Å². The number of sulfonamides is 1. The SMILES string of the molecule is CC(=O)C[C@H](NC(=O)c1ccc(CNS(=O)(=O)c2ccc(O)c(C=O)c2)nc1)C(C)=O. The van der Waals surface area contributed by atoms with Crippen molar-refractivity contribution >= 4 is 33.8 Å². The summed E-state index contributed by atoms with van der Waals surface area (Å²) >= 11 is 0. The van der Waals surface area contributed by atoms with Crippen LogP contribution in [0.25, 0.3) is 0 Å². The highest BCUT2D eigenvalue weighted by Crippen LogP contribution is 2.19. The van der Waals surface area contributed by atoms with Crippen molar-refractivity contribution in [1.29, 1.82) is 0 Å². The summed E-state index contributed by atoms with van der Waals surface area (Å²) in [6.45, 7) is 2.40. The lowest BCUT2D eigenvalue weighted by Crippen LogP contribution is -2.41. The molecule has 10 nitrogen and oxygen atoms in total. The number of rotatable bonds is 10. The number of aromatic nitrogens is 1. The Bertz CT molecular complexity index is 1110. The minimum Gasteiger partial charge on any atom is -0.507 e. The van der Waals surface area contributed by atoms with E-state index in [0.717, 1.165) is 18.2 Å². The van der Waals surface area contributed by atoms with Crippen LogP contribution in [0.3, 0.4) is 0 Å². The van der Waals surface area contributed by atoms with E-state index in [4.69, 9.17) is 0 Å². The first kappa shape index (κ1) is 23.8. The molecular weight excluding hydrogens is 426 g/mol. The van der Waals surface area contributed by atoms with Crippen molar-refractivity contribution in [3.05, 3.63) is 53.3 Å². The van der Waals surface area contributed by atoms with E-state index in [2.05, 4.69) is 15.0 Å². The molecule has 11 heteroatoms. The number of phenols is 1. The maximum absolute atomic E-state index is 12.4. The molecule has 0 bridgehead atoms. The first-order valence-electron chi connectivity index (χ1n) is 9.07. The molecule has 1 heterocycles. The molecule has 0 aliphatic carbocycles. The monoisotopic (exact) mass is 447 g/mol. The zero-order valence-electron chi connectivity index (χ0n) is 16.8. The van der Waals surface area contributed by atoms with Crippen molar-refractivity contribution in [2.45, 2.75) is 37.8 Å². The molecule has 0 unspecified atom stereocenters. The molecule has 1 amide bonds. The number of hydrogen-bond donors (Lipinski definition) is 3. The van der Waals surface area contributed by atoms with Crippen LogP contribution >= 0.6 is 0 Å². The Kier molecular flexibility index (Phi) is 7.72. The molecular formula is C20H21N3O7S. The average Bonchev–Trinajstić information content (AvgIpc) is 2.72. The molecule has 0 radical (unpaired) electrons. The van der Waals surface area contributed by atoms with Crippen molar-refractivity contribution < 1.29 is 32.7 Å². The number of nitrogens with zero attached hydrogens (tertiary/aromatic N) is 1. The van der Waals surface area contributed by atoms with Gasteiger partial charge in [-0.2, -0.15) is 0 Å². The predicted octanol–water partition coefficient (Wildman–Crippen LogP) is 0.745. The van der Waals surface area contributed by atoms with E-state index in [1.54, 1.807) is 0 Å². The molecule has 2 rings (SSSR count). The van der Waals surface area contributed by atoms with Crippen LogP contribution in [0.4, 0.5) is 0 Å². The third-order valence-corrected chi connectivity index (χ3v) is 5.65. The van der Waals surface area contributed by atoms with Gasteiger partial charge in [-0.25, -0.2) is 13.1 Å². The number of aldehydes is 1. The third-order valence-electron chi connectivity index (χ3n) is 4.25. The second-order valence-corrected chi connectivity index (χ2v) is 8.51. The maximum atomic E-state index is 12.4. The number of nitrogens with one attached hydrogen (secondary N) is 2. The number of amides is 1. The summed E-state index contributed by atoms with van der Waals surface area (Å²) in [6.07, 6.45) is 1.44. The molecule has 0 spiro atoms. The molecule has 2 aromatic rings. The minimum absolute atomic E-state index is 0.114. The van der Waals surface area contributed by atoms with Gasteiger partial charge in [-0.05, 0) is 44.2 Å². The Balaban J connectivity index is 2.05. The molecule has 164 valence electrons. The van der Waals surface area contributed by atoms with E-state index in [9.17, 15) is 32.7 Å². The Hall–Kier alpha value is -3.44. The van der Waals surface area contributed by atoms with Crippen LogP contribution in [-0.2, 0) is 26.2 Å². The van der Waals surface area contributed by atoms with Crippen LogP contribution in [0.15, 0.2) is 41.4 Å². The number of ketones is 2. The second kappa shape index (κ2) is 10.0. The summed E-state index contributed by atoms with van der Waals surface area (Å²) in [6, 6.07) is 5.19. The van der Waals surface area contributed by atoms with Gasteiger partial charge in [0, 0.05) is 12.6 Å². The number of benzene rings is 1. The topological polar surface area (TPSA) is 160 Å². The number of carbonyl (C=O) groups excluding carboxylic acids is 4. The van der Waals surface area contributed by atoms with Gasteiger partial charge in [0.05, 0.1) is 34.3 Å². The van der Waals surface area contributed by atoms with Crippen LogP contribution < -0.4 is 10.0 Å². The van der Waals surface area contributed by atoms with Gasteiger partial charge in [0.15, 0.2) is 12.1 Å². The summed E-state index contributed by atoms with van der Waals surface area (Å²) in [7, 11) is -3.98. The van der Waals surface area contributed by atoms with E-state index < -0.39 is 22.0 Å². The largest absolute Gasteiger partial charge is 0.507 e. The zero-order chi connectivity index (χ0) is 23.2. The van der Waals surface area contributed by atoms with Gasteiger partial charge in [-0.15, -0.1) is 0 Å². The van der Waals surface area contributed by atoms with Crippen molar-refractivity contribution in [2.24, 2.45) is 0 Å². The molecule has 1 aromatic heterocycles. The summed E-state index contributed by atoms with van der Waals surface area (Å²) in [4.78, 5) is 49.8. The molecule has 0 aliphatic rings. The van der Waals surface area contributed by atoms with Crippen LogP contribution in [-0.4, -0.2) is 48.3 Å². The number of phenolic OH excluding ortho intramolecular Hbond substituents is 1. The number of carbonyl (C=O) groups is 4. The maximum Gasteiger partial charge on any atom is 0.253 e. The highest BCUT2D eigenvalue weighted by molar-refractivity contribution is 7.89. The lowest BCUT2D eigenvalue weighted by molar-refractivity contribution is -0.123. The van der Waals surface area contributed by atoms with Gasteiger partial charge in [0.2, 0.25) is 10.0 Å². The summed E-state index contributed by atoms with van der Waals surface area (Å²) in [5, 5.41) is 11.9. The van der Waals surface area contributed by atoms with Gasteiger partial charge >= 0.3 is 0 Å². The van der Waals surface area contributed by atoms with Crippen molar-refractivity contribution in [3.63, 3.8) is 0 Å². The predicted molar refractivity (Wildman–Crippen MR) is 109 cm³/mol.